The molecule has 3 rings (SSSR count). The first-order valence-electron chi connectivity index (χ1n) is 10.3. The highest BCUT2D eigenvalue weighted by Gasteiger charge is 2.28. The summed E-state index contributed by atoms with van der Waals surface area (Å²) < 4.78 is 5.75. The third kappa shape index (κ3) is 5.30. The van der Waals surface area contributed by atoms with E-state index in [-0.39, 0.29) is 11.9 Å². The second kappa shape index (κ2) is 9.86. The average Bonchev–Trinajstić information content (AvgIpc) is 2.70. The average molecular weight is 369 g/mol. The van der Waals surface area contributed by atoms with Crippen LogP contribution in [0.15, 0.2) is 42.5 Å². The quantitative estimate of drug-likeness (QED) is 0.735. The van der Waals surface area contributed by atoms with E-state index < -0.39 is 6.10 Å². The first kappa shape index (κ1) is 19.8. The van der Waals surface area contributed by atoms with E-state index in [1.54, 1.807) is 0 Å². The summed E-state index contributed by atoms with van der Waals surface area (Å²) in [7, 11) is 0. The van der Waals surface area contributed by atoms with Crippen molar-refractivity contribution in [3.8, 4) is 0 Å². The fraction of sp³-hybridized carbons (Fsp3) is 0.522. The van der Waals surface area contributed by atoms with E-state index in [2.05, 4.69) is 29.6 Å². The summed E-state index contributed by atoms with van der Waals surface area (Å²) in [4.78, 5) is 12.8. The number of benzene rings is 2. The molecule has 1 aliphatic carbocycles. The Labute approximate surface area is 162 Å². The van der Waals surface area contributed by atoms with Gasteiger partial charge in [0, 0.05) is 19.2 Å². The zero-order chi connectivity index (χ0) is 19.1. The van der Waals surface area contributed by atoms with Gasteiger partial charge in [-0.15, -0.1) is 0 Å². The molecule has 4 heteroatoms. The Hall–Kier alpha value is -1.91. The molecule has 0 radical (unpaired) electrons. The van der Waals surface area contributed by atoms with Gasteiger partial charge in [-0.05, 0) is 35.6 Å². The lowest BCUT2D eigenvalue weighted by Gasteiger charge is -2.28. The van der Waals surface area contributed by atoms with Crippen LogP contribution < -0.4 is 11.1 Å². The van der Waals surface area contributed by atoms with Crippen LogP contribution in [0, 0.1) is 5.92 Å². The van der Waals surface area contributed by atoms with Crippen molar-refractivity contribution in [3.63, 3.8) is 0 Å². The number of carbonyl (C=O) groups is 1. The maximum atomic E-state index is 12.8. The van der Waals surface area contributed by atoms with Crippen LogP contribution in [0.25, 0.3) is 10.8 Å². The number of hydrogen-bond donors (Lipinski definition) is 2. The van der Waals surface area contributed by atoms with E-state index in [1.165, 1.54) is 42.9 Å². The van der Waals surface area contributed by atoms with Crippen molar-refractivity contribution >= 4 is 16.7 Å². The predicted molar refractivity (Wildman–Crippen MR) is 110 cm³/mol. The summed E-state index contributed by atoms with van der Waals surface area (Å²) in [6.45, 7) is 2.89. The van der Waals surface area contributed by atoms with E-state index in [4.69, 9.17) is 10.5 Å². The van der Waals surface area contributed by atoms with E-state index in [0.717, 1.165) is 12.0 Å². The van der Waals surface area contributed by atoms with Gasteiger partial charge < -0.3 is 15.8 Å². The van der Waals surface area contributed by atoms with Crippen LogP contribution in [0.5, 0.6) is 0 Å². The molecule has 0 spiro atoms. The van der Waals surface area contributed by atoms with Crippen LogP contribution in [0.1, 0.15) is 51.0 Å². The summed E-state index contributed by atoms with van der Waals surface area (Å²) in [5, 5.41) is 5.40. The second-order valence-corrected chi connectivity index (χ2v) is 7.64. The zero-order valence-electron chi connectivity index (χ0n) is 16.3. The summed E-state index contributed by atoms with van der Waals surface area (Å²) in [6.07, 6.45) is 6.63. The van der Waals surface area contributed by atoms with Gasteiger partial charge in [0.1, 0.15) is 0 Å². The second-order valence-electron chi connectivity index (χ2n) is 7.64. The molecule has 1 saturated carbocycles. The summed E-state index contributed by atoms with van der Waals surface area (Å²) >= 11 is 0. The number of rotatable bonds is 8. The van der Waals surface area contributed by atoms with Gasteiger partial charge in [0.05, 0.1) is 0 Å². The topological polar surface area (TPSA) is 64.3 Å². The van der Waals surface area contributed by atoms with Crippen LogP contribution in [-0.2, 0) is 16.1 Å². The van der Waals surface area contributed by atoms with Crippen LogP contribution in [0.3, 0.4) is 0 Å². The third-order valence-electron chi connectivity index (χ3n) is 5.66. The molecule has 0 heterocycles. The molecule has 2 atom stereocenters. The SMILES string of the molecule is CCOC(C(=O)NCc1cccc2ccccc12)[C@H](N)CC1CCCCC1. The van der Waals surface area contributed by atoms with Gasteiger partial charge >= 0.3 is 0 Å². The molecule has 2 aromatic rings. The smallest absolute Gasteiger partial charge is 0.251 e. The Morgan fingerprint density at radius 1 is 1.15 bits per heavy atom. The van der Waals surface area contributed by atoms with Crippen molar-refractivity contribution in [2.45, 2.75) is 64.1 Å². The van der Waals surface area contributed by atoms with Crippen molar-refractivity contribution in [2.24, 2.45) is 11.7 Å². The Morgan fingerprint density at radius 2 is 1.89 bits per heavy atom. The zero-order valence-corrected chi connectivity index (χ0v) is 16.3. The van der Waals surface area contributed by atoms with Gasteiger partial charge in [-0.2, -0.15) is 0 Å². The number of ether oxygens (including phenoxy) is 1. The molecule has 1 unspecified atom stereocenters. The van der Waals surface area contributed by atoms with Crippen LogP contribution in [0.4, 0.5) is 0 Å². The molecule has 0 saturated heterocycles. The molecular formula is C23H32N2O2. The number of nitrogens with one attached hydrogen (secondary N) is 1. The minimum atomic E-state index is -0.577. The number of nitrogens with two attached hydrogens (primary N) is 1. The molecule has 4 nitrogen and oxygen atoms in total. The molecule has 1 amide bonds. The minimum absolute atomic E-state index is 0.104. The summed E-state index contributed by atoms with van der Waals surface area (Å²) in [5.41, 5.74) is 7.52. The monoisotopic (exact) mass is 368 g/mol. The Kier molecular flexibility index (Phi) is 7.25. The lowest BCUT2D eigenvalue weighted by molar-refractivity contribution is -0.134. The standard InChI is InChI=1S/C23H32N2O2/c1-2-27-22(21(24)15-17-9-4-3-5-10-17)23(26)25-16-19-13-8-12-18-11-6-7-14-20(18)19/h6-8,11-14,17,21-22H,2-5,9-10,15-16,24H2,1H3,(H,25,26)/t21-,22?/m1/s1. The first-order valence-corrected chi connectivity index (χ1v) is 10.3. The van der Waals surface area contributed by atoms with Crippen LogP contribution in [0.2, 0.25) is 0 Å². The van der Waals surface area contributed by atoms with Gasteiger partial charge in [0.2, 0.25) is 0 Å². The molecule has 3 N–H and O–H groups in total. The van der Waals surface area contributed by atoms with Gasteiger partial charge in [0.25, 0.3) is 5.91 Å². The first-order chi connectivity index (χ1) is 13.2. The van der Waals surface area contributed by atoms with E-state index in [9.17, 15) is 4.79 Å². The number of fused-ring (bicyclic) bond motifs is 1. The molecular weight excluding hydrogens is 336 g/mol. The maximum Gasteiger partial charge on any atom is 0.251 e. The molecule has 0 aliphatic heterocycles. The molecule has 2 aromatic carbocycles. The fourth-order valence-corrected chi connectivity index (χ4v) is 4.23. The lowest BCUT2D eigenvalue weighted by atomic mass is 9.84. The van der Waals surface area contributed by atoms with Crippen molar-refractivity contribution in [1.29, 1.82) is 0 Å². The Balaban J connectivity index is 1.62. The van der Waals surface area contributed by atoms with Crippen molar-refractivity contribution in [3.05, 3.63) is 48.0 Å². The predicted octanol–water partition coefficient (Wildman–Crippen LogP) is 4.16. The van der Waals surface area contributed by atoms with Crippen LogP contribution in [-0.4, -0.2) is 24.7 Å². The summed E-state index contributed by atoms with van der Waals surface area (Å²) in [6, 6.07) is 14.1. The number of hydrogen-bond acceptors (Lipinski definition) is 3. The normalized spacial score (nSPS) is 17.6. The molecule has 1 aliphatic rings. The van der Waals surface area contributed by atoms with Crippen molar-refractivity contribution in [1.82, 2.24) is 5.32 Å². The van der Waals surface area contributed by atoms with Crippen LogP contribution >= 0.6 is 0 Å². The molecule has 1 fully saturated rings. The largest absolute Gasteiger partial charge is 0.367 e. The summed E-state index contributed by atoms with van der Waals surface area (Å²) in [5.74, 6) is 0.524. The Morgan fingerprint density at radius 3 is 2.67 bits per heavy atom. The van der Waals surface area contributed by atoms with E-state index in [1.807, 2.05) is 25.1 Å². The molecule has 0 aromatic heterocycles. The fourth-order valence-electron chi connectivity index (χ4n) is 4.23. The highest BCUT2D eigenvalue weighted by Crippen LogP contribution is 2.28. The highest BCUT2D eigenvalue weighted by molar-refractivity contribution is 5.86. The Bertz CT molecular complexity index is 735. The molecule has 0 bridgehead atoms. The van der Waals surface area contributed by atoms with E-state index in [0.29, 0.717) is 19.1 Å². The minimum Gasteiger partial charge on any atom is -0.367 e. The number of amides is 1. The van der Waals surface area contributed by atoms with Gasteiger partial charge in [-0.1, -0.05) is 74.6 Å². The molecule has 146 valence electrons. The molecule has 27 heavy (non-hydrogen) atoms. The van der Waals surface area contributed by atoms with Crippen molar-refractivity contribution < 1.29 is 9.53 Å². The third-order valence-corrected chi connectivity index (χ3v) is 5.66. The lowest BCUT2D eigenvalue weighted by Crippen LogP contribution is -2.48. The van der Waals surface area contributed by atoms with Gasteiger partial charge in [0.15, 0.2) is 6.10 Å². The number of carbonyl (C=O) groups excluding carboxylic acids is 1. The maximum absolute atomic E-state index is 12.8. The van der Waals surface area contributed by atoms with E-state index >= 15 is 0 Å². The van der Waals surface area contributed by atoms with Crippen molar-refractivity contribution in [2.75, 3.05) is 6.61 Å². The highest BCUT2D eigenvalue weighted by atomic mass is 16.5. The van der Waals surface area contributed by atoms with Gasteiger partial charge in [-0.3, -0.25) is 4.79 Å². The van der Waals surface area contributed by atoms with Gasteiger partial charge in [-0.25, -0.2) is 0 Å².